The number of benzene rings is 1. The zero-order valence-electron chi connectivity index (χ0n) is 10.8. The SMILES string of the molecule is COc1ccc(C)c(NC2CCCS(=O)(=O)C2)c1. The predicted octanol–water partition coefficient (Wildman–Crippen LogP) is 1.99. The Labute approximate surface area is 108 Å². The Kier molecular flexibility index (Phi) is 3.80. The highest BCUT2D eigenvalue weighted by Gasteiger charge is 2.24. The molecule has 1 N–H and O–H groups in total. The molecule has 2 rings (SSSR count). The van der Waals surface area contributed by atoms with Gasteiger partial charge in [0.1, 0.15) is 5.75 Å². The third kappa shape index (κ3) is 3.16. The van der Waals surface area contributed by atoms with Crippen LogP contribution in [0.15, 0.2) is 18.2 Å². The van der Waals surface area contributed by atoms with Gasteiger partial charge in [-0.3, -0.25) is 0 Å². The first-order valence-corrected chi connectivity index (χ1v) is 7.94. The van der Waals surface area contributed by atoms with Crippen LogP contribution in [-0.2, 0) is 9.84 Å². The molecule has 5 heteroatoms. The molecule has 1 heterocycles. The van der Waals surface area contributed by atoms with E-state index in [9.17, 15) is 8.42 Å². The van der Waals surface area contributed by atoms with E-state index in [1.807, 2.05) is 25.1 Å². The Hall–Kier alpha value is -1.23. The second kappa shape index (κ2) is 5.18. The van der Waals surface area contributed by atoms with Crippen molar-refractivity contribution in [3.63, 3.8) is 0 Å². The van der Waals surface area contributed by atoms with Crippen LogP contribution < -0.4 is 10.1 Å². The lowest BCUT2D eigenvalue weighted by atomic mass is 10.1. The summed E-state index contributed by atoms with van der Waals surface area (Å²) < 4.78 is 28.4. The predicted molar refractivity (Wildman–Crippen MR) is 73.0 cm³/mol. The normalized spacial score (nSPS) is 22.4. The van der Waals surface area contributed by atoms with Crippen LogP contribution >= 0.6 is 0 Å². The molecular formula is C13H19NO3S. The molecule has 0 spiro atoms. The van der Waals surface area contributed by atoms with Crippen LogP contribution in [0.25, 0.3) is 0 Å². The van der Waals surface area contributed by atoms with Gasteiger partial charge in [-0.15, -0.1) is 0 Å². The quantitative estimate of drug-likeness (QED) is 0.911. The van der Waals surface area contributed by atoms with Crippen molar-refractivity contribution in [3.05, 3.63) is 23.8 Å². The van der Waals surface area contributed by atoms with Crippen LogP contribution in [0.4, 0.5) is 5.69 Å². The maximum absolute atomic E-state index is 11.6. The average Bonchev–Trinajstić information content (AvgIpc) is 2.31. The number of aryl methyl sites for hydroxylation is 1. The van der Waals surface area contributed by atoms with Gasteiger partial charge in [0.25, 0.3) is 0 Å². The number of nitrogens with one attached hydrogen (secondary N) is 1. The van der Waals surface area contributed by atoms with E-state index < -0.39 is 9.84 Å². The minimum absolute atomic E-state index is 0.00885. The van der Waals surface area contributed by atoms with Crippen molar-refractivity contribution in [3.8, 4) is 5.75 Å². The molecule has 0 amide bonds. The summed E-state index contributed by atoms with van der Waals surface area (Å²) >= 11 is 0. The summed E-state index contributed by atoms with van der Waals surface area (Å²) in [6.45, 7) is 2.00. The zero-order chi connectivity index (χ0) is 13.2. The summed E-state index contributed by atoms with van der Waals surface area (Å²) in [5.41, 5.74) is 2.05. The Balaban J connectivity index is 2.13. The Morgan fingerprint density at radius 1 is 1.39 bits per heavy atom. The number of methoxy groups -OCH3 is 1. The monoisotopic (exact) mass is 269 g/mol. The van der Waals surface area contributed by atoms with E-state index in [0.717, 1.165) is 29.8 Å². The van der Waals surface area contributed by atoms with E-state index in [0.29, 0.717) is 5.75 Å². The molecule has 1 aromatic rings. The van der Waals surface area contributed by atoms with Crippen LogP contribution in [0.3, 0.4) is 0 Å². The maximum Gasteiger partial charge on any atom is 0.152 e. The van der Waals surface area contributed by atoms with Crippen molar-refractivity contribution in [2.45, 2.75) is 25.8 Å². The summed E-state index contributed by atoms with van der Waals surface area (Å²) in [6.07, 6.45) is 1.64. The van der Waals surface area contributed by atoms with Gasteiger partial charge in [-0.2, -0.15) is 0 Å². The fourth-order valence-electron chi connectivity index (χ4n) is 2.24. The second-order valence-corrected chi connectivity index (χ2v) is 7.01. The highest BCUT2D eigenvalue weighted by atomic mass is 32.2. The van der Waals surface area contributed by atoms with Gasteiger partial charge in [-0.1, -0.05) is 6.07 Å². The molecule has 0 aromatic heterocycles. The number of rotatable bonds is 3. The summed E-state index contributed by atoms with van der Waals surface area (Å²) in [6, 6.07) is 5.79. The van der Waals surface area contributed by atoms with Crippen molar-refractivity contribution in [2.24, 2.45) is 0 Å². The van der Waals surface area contributed by atoms with Gasteiger partial charge < -0.3 is 10.1 Å². The lowest BCUT2D eigenvalue weighted by Gasteiger charge is -2.25. The minimum Gasteiger partial charge on any atom is -0.497 e. The van der Waals surface area contributed by atoms with E-state index in [2.05, 4.69) is 5.32 Å². The number of anilines is 1. The fourth-order valence-corrected chi connectivity index (χ4v) is 3.88. The third-order valence-corrected chi connectivity index (χ3v) is 5.09. The molecule has 0 saturated carbocycles. The molecule has 0 radical (unpaired) electrons. The van der Waals surface area contributed by atoms with Crippen LogP contribution in [0.1, 0.15) is 18.4 Å². The van der Waals surface area contributed by atoms with Gasteiger partial charge in [-0.05, 0) is 31.4 Å². The average molecular weight is 269 g/mol. The molecule has 4 nitrogen and oxygen atoms in total. The first kappa shape index (κ1) is 13.2. The van der Waals surface area contributed by atoms with E-state index in [1.54, 1.807) is 7.11 Å². The molecule has 1 saturated heterocycles. The third-order valence-electron chi connectivity index (χ3n) is 3.27. The molecule has 0 bridgehead atoms. The van der Waals surface area contributed by atoms with Gasteiger partial charge in [0.15, 0.2) is 9.84 Å². The molecule has 1 aliphatic heterocycles. The van der Waals surface area contributed by atoms with Crippen molar-refractivity contribution < 1.29 is 13.2 Å². The zero-order valence-corrected chi connectivity index (χ0v) is 11.6. The highest BCUT2D eigenvalue weighted by Crippen LogP contribution is 2.24. The Bertz CT molecular complexity index is 525. The van der Waals surface area contributed by atoms with Crippen LogP contribution in [0, 0.1) is 6.92 Å². The van der Waals surface area contributed by atoms with Crippen LogP contribution in [0.5, 0.6) is 5.75 Å². The number of sulfone groups is 1. The molecule has 0 aliphatic carbocycles. The Morgan fingerprint density at radius 2 is 2.17 bits per heavy atom. The summed E-state index contributed by atoms with van der Waals surface area (Å²) in [4.78, 5) is 0. The minimum atomic E-state index is -2.87. The molecule has 1 unspecified atom stereocenters. The summed E-state index contributed by atoms with van der Waals surface area (Å²) in [7, 11) is -1.25. The van der Waals surface area contributed by atoms with Gasteiger partial charge in [0.2, 0.25) is 0 Å². The molecule has 100 valence electrons. The van der Waals surface area contributed by atoms with E-state index in [1.165, 1.54) is 0 Å². The lowest BCUT2D eigenvalue weighted by Crippen LogP contribution is -2.34. The molecular weight excluding hydrogens is 250 g/mol. The van der Waals surface area contributed by atoms with Gasteiger partial charge in [0, 0.05) is 17.8 Å². The number of hydrogen-bond donors (Lipinski definition) is 1. The molecule has 18 heavy (non-hydrogen) atoms. The largest absolute Gasteiger partial charge is 0.497 e. The van der Waals surface area contributed by atoms with Gasteiger partial charge >= 0.3 is 0 Å². The maximum atomic E-state index is 11.6. The van der Waals surface area contributed by atoms with Crippen LogP contribution in [-0.4, -0.2) is 33.1 Å². The van der Waals surface area contributed by atoms with Gasteiger partial charge in [-0.25, -0.2) is 8.42 Å². The van der Waals surface area contributed by atoms with Crippen molar-refractivity contribution in [1.29, 1.82) is 0 Å². The fraction of sp³-hybridized carbons (Fsp3) is 0.538. The van der Waals surface area contributed by atoms with Gasteiger partial charge in [0.05, 0.1) is 18.6 Å². The molecule has 1 atom stereocenters. The second-order valence-electron chi connectivity index (χ2n) is 4.78. The van der Waals surface area contributed by atoms with Crippen molar-refractivity contribution in [1.82, 2.24) is 0 Å². The van der Waals surface area contributed by atoms with Crippen molar-refractivity contribution in [2.75, 3.05) is 23.9 Å². The Morgan fingerprint density at radius 3 is 2.83 bits per heavy atom. The standard InChI is InChI=1S/C13H19NO3S/c1-10-5-6-12(17-2)8-13(10)14-11-4-3-7-18(15,16)9-11/h5-6,8,11,14H,3-4,7,9H2,1-2H3. The lowest BCUT2D eigenvalue weighted by molar-refractivity contribution is 0.415. The highest BCUT2D eigenvalue weighted by molar-refractivity contribution is 7.91. The molecule has 1 fully saturated rings. The number of hydrogen-bond acceptors (Lipinski definition) is 4. The van der Waals surface area contributed by atoms with E-state index in [4.69, 9.17) is 4.74 Å². The topological polar surface area (TPSA) is 55.4 Å². The summed E-state index contributed by atoms with van der Waals surface area (Å²) in [5.74, 6) is 1.33. The summed E-state index contributed by atoms with van der Waals surface area (Å²) in [5, 5.41) is 3.32. The van der Waals surface area contributed by atoms with E-state index >= 15 is 0 Å². The molecule has 1 aliphatic rings. The first-order chi connectivity index (χ1) is 8.50. The van der Waals surface area contributed by atoms with Crippen LogP contribution in [0.2, 0.25) is 0 Å². The molecule has 1 aromatic carbocycles. The van der Waals surface area contributed by atoms with E-state index in [-0.39, 0.29) is 11.8 Å². The smallest absolute Gasteiger partial charge is 0.152 e. The first-order valence-electron chi connectivity index (χ1n) is 6.12. The number of ether oxygens (including phenoxy) is 1. The van der Waals surface area contributed by atoms with Crippen molar-refractivity contribution >= 4 is 15.5 Å².